The van der Waals surface area contributed by atoms with E-state index in [0.717, 1.165) is 11.3 Å². The van der Waals surface area contributed by atoms with Gasteiger partial charge in [-0.3, -0.25) is 4.68 Å². The molecule has 0 aliphatic rings. The van der Waals surface area contributed by atoms with Crippen molar-refractivity contribution in [3.05, 3.63) is 41.7 Å². The first-order valence-electron chi connectivity index (χ1n) is 6.32. The van der Waals surface area contributed by atoms with Gasteiger partial charge in [0.2, 0.25) is 0 Å². The Hall–Kier alpha value is -2.34. The molecule has 106 valence electrons. The lowest BCUT2D eigenvalue weighted by molar-refractivity contribution is 0.199. The molecule has 0 bridgehead atoms. The number of nitrogens with one attached hydrogen (secondary N) is 2. The number of aryl methyl sites for hydroxylation is 2. The molecule has 1 heterocycles. The Morgan fingerprint density at radius 1 is 1.40 bits per heavy atom. The van der Waals surface area contributed by atoms with Crippen molar-refractivity contribution in [2.45, 2.75) is 20.0 Å². The predicted octanol–water partition coefficient (Wildman–Crippen LogP) is 2.43. The monoisotopic (exact) mass is 274 g/mol. The van der Waals surface area contributed by atoms with Gasteiger partial charge >= 0.3 is 6.03 Å². The normalized spacial score (nSPS) is 12.0. The highest BCUT2D eigenvalue weighted by molar-refractivity contribution is 6.00. The van der Waals surface area contributed by atoms with E-state index >= 15 is 0 Å². The first-order chi connectivity index (χ1) is 9.45. The molecule has 1 aromatic heterocycles. The van der Waals surface area contributed by atoms with Gasteiger partial charge < -0.3 is 15.7 Å². The van der Waals surface area contributed by atoms with Gasteiger partial charge in [0, 0.05) is 18.9 Å². The van der Waals surface area contributed by atoms with E-state index in [0.29, 0.717) is 11.4 Å². The Balaban J connectivity index is 2.04. The van der Waals surface area contributed by atoms with Crippen LogP contribution in [0.15, 0.2) is 30.5 Å². The standard InChI is InChI=1S/C14H18N4O2/c1-9-13(8-18(3)17-9)16-14(20)15-12-6-4-5-11(7-12)10(2)19/h4-8,10,19H,1-3H3,(H2,15,16,20). The minimum Gasteiger partial charge on any atom is -0.389 e. The number of carbonyl (C=O) groups excluding carboxylic acids is 1. The van der Waals surface area contributed by atoms with Crippen LogP contribution in [0.25, 0.3) is 0 Å². The summed E-state index contributed by atoms with van der Waals surface area (Å²) in [6, 6.07) is 6.75. The fourth-order valence-electron chi connectivity index (χ4n) is 1.88. The maximum Gasteiger partial charge on any atom is 0.323 e. The van der Waals surface area contributed by atoms with Crippen molar-refractivity contribution in [1.82, 2.24) is 9.78 Å². The minimum atomic E-state index is -0.569. The molecule has 6 heteroatoms. The topological polar surface area (TPSA) is 79.2 Å². The van der Waals surface area contributed by atoms with Gasteiger partial charge in [0.25, 0.3) is 0 Å². The van der Waals surface area contributed by atoms with Crippen LogP contribution < -0.4 is 10.6 Å². The summed E-state index contributed by atoms with van der Waals surface area (Å²) in [4.78, 5) is 11.9. The zero-order valence-corrected chi connectivity index (χ0v) is 11.7. The number of amides is 2. The van der Waals surface area contributed by atoms with Gasteiger partial charge in [-0.1, -0.05) is 12.1 Å². The lowest BCUT2D eigenvalue weighted by Crippen LogP contribution is -2.19. The number of nitrogens with zero attached hydrogens (tertiary/aromatic N) is 2. The van der Waals surface area contributed by atoms with Gasteiger partial charge in [0.05, 0.1) is 17.5 Å². The number of hydrogen-bond donors (Lipinski definition) is 3. The molecule has 0 fully saturated rings. The van der Waals surface area contributed by atoms with Gasteiger partial charge in [-0.15, -0.1) is 0 Å². The quantitative estimate of drug-likeness (QED) is 0.804. The van der Waals surface area contributed by atoms with Crippen LogP contribution in [0.3, 0.4) is 0 Å². The zero-order chi connectivity index (χ0) is 14.7. The molecular weight excluding hydrogens is 256 g/mol. The summed E-state index contributed by atoms with van der Waals surface area (Å²) in [5.41, 5.74) is 2.79. The first kappa shape index (κ1) is 14.1. The third kappa shape index (κ3) is 3.36. The van der Waals surface area contributed by atoms with E-state index in [4.69, 9.17) is 0 Å². The van der Waals surface area contributed by atoms with Crippen LogP contribution >= 0.6 is 0 Å². The zero-order valence-electron chi connectivity index (χ0n) is 11.7. The van der Waals surface area contributed by atoms with Gasteiger partial charge in [0.15, 0.2) is 0 Å². The van der Waals surface area contributed by atoms with Gasteiger partial charge in [-0.05, 0) is 31.5 Å². The van der Waals surface area contributed by atoms with Crippen LogP contribution in [0.2, 0.25) is 0 Å². The molecule has 20 heavy (non-hydrogen) atoms. The van der Waals surface area contributed by atoms with E-state index in [1.807, 2.05) is 6.92 Å². The second-order valence-electron chi connectivity index (χ2n) is 4.68. The molecule has 2 amide bonds. The SMILES string of the molecule is Cc1nn(C)cc1NC(=O)Nc1cccc(C(C)O)c1. The number of rotatable bonds is 3. The molecule has 0 saturated carbocycles. The van der Waals surface area contributed by atoms with Crippen LogP contribution in [0.5, 0.6) is 0 Å². The molecule has 0 aliphatic carbocycles. The maximum absolute atomic E-state index is 11.9. The van der Waals surface area contributed by atoms with Crippen molar-refractivity contribution < 1.29 is 9.90 Å². The highest BCUT2D eigenvalue weighted by Gasteiger charge is 2.08. The van der Waals surface area contributed by atoms with Crippen LogP contribution in [0.4, 0.5) is 16.2 Å². The number of aromatic nitrogens is 2. The molecule has 1 atom stereocenters. The molecule has 2 aromatic rings. The first-order valence-corrected chi connectivity index (χ1v) is 6.32. The summed E-state index contributed by atoms with van der Waals surface area (Å²) in [5.74, 6) is 0. The molecule has 0 aliphatic heterocycles. The minimum absolute atomic E-state index is 0.344. The largest absolute Gasteiger partial charge is 0.389 e. The number of carbonyl (C=O) groups is 1. The van der Waals surface area contributed by atoms with Crippen molar-refractivity contribution in [3.63, 3.8) is 0 Å². The summed E-state index contributed by atoms with van der Waals surface area (Å²) in [7, 11) is 1.79. The molecule has 3 N–H and O–H groups in total. The van der Waals surface area contributed by atoms with Crippen LogP contribution in [-0.2, 0) is 7.05 Å². The maximum atomic E-state index is 11.9. The Morgan fingerprint density at radius 2 is 2.15 bits per heavy atom. The van der Waals surface area contributed by atoms with E-state index < -0.39 is 6.10 Å². The third-order valence-corrected chi connectivity index (χ3v) is 2.89. The van der Waals surface area contributed by atoms with Gasteiger partial charge in [-0.25, -0.2) is 4.79 Å². The Kier molecular flexibility index (Phi) is 4.05. The predicted molar refractivity (Wildman–Crippen MR) is 77.7 cm³/mol. The Bertz CT molecular complexity index is 619. The highest BCUT2D eigenvalue weighted by atomic mass is 16.3. The molecule has 6 nitrogen and oxygen atoms in total. The highest BCUT2D eigenvalue weighted by Crippen LogP contribution is 2.17. The van der Waals surface area contributed by atoms with Gasteiger partial charge in [0.1, 0.15) is 0 Å². The van der Waals surface area contributed by atoms with Crippen LogP contribution in [0, 0.1) is 6.92 Å². The van der Waals surface area contributed by atoms with E-state index in [-0.39, 0.29) is 6.03 Å². The van der Waals surface area contributed by atoms with Crippen LogP contribution in [-0.4, -0.2) is 20.9 Å². The van der Waals surface area contributed by atoms with E-state index in [9.17, 15) is 9.90 Å². The van der Waals surface area contributed by atoms with Crippen molar-refractivity contribution >= 4 is 17.4 Å². The van der Waals surface area contributed by atoms with E-state index in [1.165, 1.54) is 0 Å². The molecule has 2 rings (SSSR count). The summed E-state index contributed by atoms with van der Waals surface area (Å²) in [5, 5.41) is 19.1. The van der Waals surface area contributed by atoms with E-state index in [2.05, 4.69) is 15.7 Å². The Labute approximate surface area is 117 Å². The lowest BCUT2D eigenvalue weighted by atomic mass is 10.1. The molecule has 1 aromatic carbocycles. The number of aliphatic hydroxyl groups excluding tert-OH is 1. The molecule has 1 unspecified atom stereocenters. The number of benzene rings is 1. The second kappa shape index (κ2) is 5.75. The van der Waals surface area contributed by atoms with Crippen LogP contribution in [0.1, 0.15) is 24.3 Å². The third-order valence-electron chi connectivity index (χ3n) is 2.89. The number of aliphatic hydroxyl groups is 1. The summed E-state index contributed by atoms with van der Waals surface area (Å²) in [6.45, 7) is 3.50. The smallest absolute Gasteiger partial charge is 0.323 e. The number of anilines is 2. The lowest BCUT2D eigenvalue weighted by Gasteiger charge is -2.09. The fourth-order valence-corrected chi connectivity index (χ4v) is 1.88. The molecule has 0 saturated heterocycles. The van der Waals surface area contributed by atoms with Crippen molar-refractivity contribution in [1.29, 1.82) is 0 Å². The average molecular weight is 274 g/mol. The Morgan fingerprint density at radius 3 is 2.75 bits per heavy atom. The van der Waals surface area contributed by atoms with E-state index in [1.54, 1.807) is 49.1 Å². The summed E-state index contributed by atoms with van der Waals surface area (Å²) in [6.07, 6.45) is 1.17. The van der Waals surface area contributed by atoms with Crippen molar-refractivity contribution in [2.24, 2.45) is 7.05 Å². The second-order valence-corrected chi connectivity index (χ2v) is 4.68. The van der Waals surface area contributed by atoms with Crippen molar-refractivity contribution in [3.8, 4) is 0 Å². The summed E-state index contributed by atoms with van der Waals surface area (Å²) >= 11 is 0. The average Bonchev–Trinajstić information content (AvgIpc) is 2.67. The van der Waals surface area contributed by atoms with Gasteiger partial charge in [-0.2, -0.15) is 5.10 Å². The number of hydrogen-bond acceptors (Lipinski definition) is 3. The molecule has 0 spiro atoms. The molecular formula is C14H18N4O2. The van der Waals surface area contributed by atoms with Crippen molar-refractivity contribution in [2.75, 3.05) is 10.6 Å². The number of urea groups is 1. The molecule has 0 radical (unpaired) electrons. The fraction of sp³-hybridized carbons (Fsp3) is 0.286. The summed E-state index contributed by atoms with van der Waals surface area (Å²) < 4.78 is 1.64.